The second kappa shape index (κ2) is 11.3. The Morgan fingerprint density at radius 2 is 0.979 bits per heavy atom. The van der Waals surface area contributed by atoms with Gasteiger partial charge in [-0.1, -0.05) is 121 Å². The lowest BCUT2D eigenvalue weighted by molar-refractivity contribution is 0.201. The van der Waals surface area contributed by atoms with Crippen LogP contribution < -0.4 is 4.74 Å². The third-order valence-electron chi connectivity index (χ3n) is 9.68. The monoisotopic (exact) mass is 604 g/mol. The van der Waals surface area contributed by atoms with Gasteiger partial charge in [-0.25, -0.2) is 0 Å². The van der Waals surface area contributed by atoms with Gasteiger partial charge in [0.1, 0.15) is 12.4 Å². The lowest BCUT2D eigenvalue weighted by atomic mass is 9.86. The van der Waals surface area contributed by atoms with Crippen molar-refractivity contribution in [2.75, 3.05) is 13.2 Å². The second-order valence-corrected chi connectivity index (χ2v) is 12.5. The Hall–Kier alpha value is -5.70. The molecule has 8 aromatic rings. The average Bonchev–Trinajstić information content (AvgIpc) is 3.51. The lowest BCUT2D eigenvalue weighted by Crippen LogP contribution is -2.01. The van der Waals surface area contributed by atoms with Crippen LogP contribution in [0.2, 0.25) is 0 Å². The van der Waals surface area contributed by atoms with E-state index in [0.29, 0.717) is 0 Å². The van der Waals surface area contributed by atoms with Gasteiger partial charge in [-0.15, -0.1) is 0 Å². The van der Waals surface area contributed by atoms with Crippen molar-refractivity contribution >= 4 is 32.3 Å². The Kier molecular flexibility index (Phi) is 6.62. The van der Waals surface area contributed by atoms with Gasteiger partial charge in [0.2, 0.25) is 0 Å². The van der Waals surface area contributed by atoms with E-state index >= 15 is 0 Å². The predicted molar refractivity (Wildman–Crippen MR) is 196 cm³/mol. The standard InChI is InChI=1S/C45H32O2/c46-21-22-47-40-17-15-34-25-38(14-12-36(34)27-40)45-42(37-13-10-30-6-2-4-8-32(30)24-37)19-20-43-41-18-16-35(26-39(41)28-44(43)45)33-11-9-29-5-1-3-7-31(29)23-33/h1-20,23-27,46H,21-22,28H2. The number of aliphatic hydroxyl groups excluding tert-OH is 1. The Balaban J connectivity index is 1.19. The van der Waals surface area contributed by atoms with Gasteiger partial charge in [-0.3, -0.25) is 0 Å². The normalized spacial score (nSPS) is 12.0. The topological polar surface area (TPSA) is 29.5 Å². The maximum Gasteiger partial charge on any atom is 0.120 e. The highest BCUT2D eigenvalue weighted by atomic mass is 16.5. The molecule has 0 aliphatic heterocycles. The zero-order valence-electron chi connectivity index (χ0n) is 25.9. The SMILES string of the molecule is OCCOc1ccc2cc(-c3c(-c4ccc5ccccc5c4)ccc4c3Cc3cc(-c5ccc6ccccc6c5)ccc3-4)ccc2c1. The van der Waals surface area contributed by atoms with Crippen LogP contribution in [0.4, 0.5) is 0 Å². The first-order valence-corrected chi connectivity index (χ1v) is 16.3. The van der Waals surface area contributed by atoms with Crippen molar-refractivity contribution in [3.05, 3.63) is 163 Å². The summed E-state index contributed by atoms with van der Waals surface area (Å²) >= 11 is 0. The Morgan fingerprint density at radius 1 is 0.447 bits per heavy atom. The Bertz CT molecular complexity index is 2490. The van der Waals surface area contributed by atoms with Crippen molar-refractivity contribution in [3.8, 4) is 50.3 Å². The van der Waals surface area contributed by atoms with Gasteiger partial charge in [-0.2, -0.15) is 0 Å². The summed E-state index contributed by atoms with van der Waals surface area (Å²) in [5.41, 5.74) is 12.9. The zero-order chi connectivity index (χ0) is 31.3. The molecule has 0 saturated heterocycles. The molecule has 9 rings (SSSR count). The van der Waals surface area contributed by atoms with Crippen molar-refractivity contribution < 1.29 is 9.84 Å². The summed E-state index contributed by atoms with van der Waals surface area (Å²) in [6, 6.07) is 55.3. The molecule has 0 saturated carbocycles. The highest BCUT2D eigenvalue weighted by Gasteiger charge is 2.25. The van der Waals surface area contributed by atoms with Crippen molar-refractivity contribution in [2.24, 2.45) is 0 Å². The van der Waals surface area contributed by atoms with Gasteiger partial charge in [-0.05, 0) is 125 Å². The molecule has 8 aromatic carbocycles. The van der Waals surface area contributed by atoms with Gasteiger partial charge >= 0.3 is 0 Å². The maximum atomic E-state index is 9.21. The summed E-state index contributed by atoms with van der Waals surface area (Å²) in [6.07, 6.45) is 0.884. The lowest BCUT2D eigenvalue weighted by Gasteiger charge is -2.17. The quantitative estimate of drug-likeness (QED) is 0.205. The fraction of sp³-hybridized carbons (Fsp3) is 0.0667. The van der Waals surface area contributed by atoms with E-state index in [2.05, 4.69) is 146 Å². The molecule has 2 nitrogen and oxygen atoms in total. The number of benzene rings is 8. The predicted octanol–water partition coefficient (Wildman–Crippen LogP) is 11.1. The van der Waals surface area contributed by atoms with Crippen molar-refractivity contribution in [1.29, 1.82) is 0 Å². The third kappa shape index (κ3) is 4.86. The van der Waals surface area contributed by atoms with E-state index in [1.54, 1.807) is 0 Å². The van der Waals surface area contributed by atoms with E-state index < -0.39 is 0 Å². The molecule has 0 radical (unpaired) electrons. The highest BCUT2D eigenvalue weighted by Crippen LogP contribution is 2.47. The summed E-state index contributed by atoms with van der Waals surface area (Å²) in [5, 5.41) is 16.5. The molecule has 1 aliphatic carbocycles. The summed E-state index contributed by atoms with van der Waals surface area (Å²) in [7, 11) is 0. The summed E-state index contributed by atoms with van der Waals surface area (Å²) < 4.78 is 5.70. The molecule has 0 unspecified atom stereocenters. The smallest absolute Gasteiger partial charge is 0.120 e. The first kappa shape index (κ1) is 27.6. The second-order valence-electron chi connectivity index (χ2n) is 12.5. The van der Waals surface area contributed by atoms with E-state index in [4.69, 9.17) is 4.74 Å². The fourth-order valence-corrected chi connectivity index (χ4v) is 7.39. The van der Waals surface area contributed by atoms with Crippen LogP contribution in [0.1, 0.15) is 11.1 Å². The van der Waals surface area contributed by atoms with Crippen LogP contribution in [0.15, 0.2) is 152 Å². The summed E-state index contributed by atoms with van der Waals surface area (Å²) in [6.45, 7) is 0.289. The highest BCUT2D eigenvalue weighted by molar-refractivity contribution is 5.99. The number of hydrogen-bond donors (Lipinski definition) is 1. The fourth-order valence-electron chi connectivity index (χ4n) is 7.39. The number of aliphatic hydroxyl groups is 1. The Morgan fingerprint density at radius 3 is 1.77 bits per heavy atom. The van der Waals surface area contributed by atoms with Gasteiger partial charge in [0, 0.05) is 0 Å². The maximum absolute atomic E-state index is 9.21. The van der Waals surface area contributed by atoms with Gasteiger partial charge in [0.25, 0.3) is 0 Å². The van der Waals surface area contributed by atoms with E-state index in [0.717, 1.165) is 22.9 Å². The van der Waals surface area contributed by atoms with Crippen LogP contribution in [-0.4, -0.2) is 18.3 Å². The number of hydrogen-bond acceptors (Lipinski definition) is 2. The number of fused-ring (bicyclic) bond motifs is 6. The molecule has 0 spiro atoms. The molecular formula is C45H32O2. The van der Waals surface area contributed by atoms with Gasteiger partial charge in [0.15, 0.2) is 0 Å². The minimum absolute atomic E-state index is 0.000217. The molecule has 0 atom stereocenters. The molecule has 0 bridgehead atoms. The van der Waals surface area contributed by atoms with Crippen LogP contribution in [0.25, 0.3) is 76.8 Å². The van der Waals surface area contributed by atoms with Crippen molar-refractivity contribution in [3.63, 3.8) is 0 Å². The molecule has 0 aromatic heterocycles. The van der Waals surface area contributed by atoms with E-state index in [1.807, 2.05) is 6.07 Å². The van der Waals surface area contributed by atoms with Crippen LogP contribution in [-0.2, 0) is 6.42 Å². The number of rotatable bonds is 6. The minimum Gasteiger partial charge on any atom is -0.491 e. The van der Waals surface area contributed by atoms with E-state index in [9.17, 15) is 5.11 Å². The summed E-state index contributed by atoms with van der Waals surface area (Å²) in [4.78, 5) is 0. The molecule has 0 fully saturated rings. The van der Waals surface area contributed by atoms with Crippen LogP contribution >= 0.6 is 0 Å². The third-order valence-corrected chi connectivity index (χ3v) is 9.68. The minimum atomic E-state index is -0.000217. The van der Waals surface area contributed by atoms with Crippen LogP contribution in [0.5, 0.6) is 5.75 Å². The average molecular weight is 605 g/mol. The van der Waals surface area contributed by atoms with Gasteiger partial charge < -0.3 is 9.84 Å². The molecule has 224 valence electrons. The molecule has 2 heteroatoms. The van der Waals surface area contributed by atoms with Gasteiger partial charge in [0.05, 0.1) is 6.61 Å². The largest absolute Gasteiger partial charge is 0.491 e. The Labute approximate surface area is 274 Å². The molecular weight excluding hydrogens is 572 g/mol. The summed E-state index contributed by atoms with van der Waals surface area (Å²) in [5.74, 6) is 0.773. The molecule has 47 heavy (non-hydrogen) atoms. The van der Waals surface area contributed by atoms with Crippen LogP contribution in [0, 0.1) is 0 Å². The van der Waals surface area contributed by atoms with Crippen molar-refractivity contribution in [1.82, 2.24) is 0 Å². The molecule has 1 aliphatic rings. The first-order chi connectivity index (χ1) is 23.2. The first-order valence-electron chi connectivity index (χ1n) is 16.3. The van der Waals surface area contributed by atoms with Crippen molar-refractivity contribution in [2.45, 2.75) is 6.42 Å². The zero-order valence-corrected chi connectivity index (χ0v) is 25.9. The molecule has 0 heterocycles. The molecule has 1 N–H and O–H groups in total. The molecule has 0 amide bonds. The van der Waals surface area contributed by atoms with E-state index in [1.165, 1.54) is 77.2 Å². The number of ether oxygens (including phenoxy) is 1. The van der Waals surface area contributed by atoms with E-state index in [-0.39, 0.29) is 13.2 Å². The van der Waals surface area contributed by atoms with Crippen LogP contribution in [0.3, 0.4) is 0 Å².